The van der Waals surface area contributed by atoms with Gasteiger partial charge < -0.3 is 29.9 Å². The molecule has 5 unspecified atom stereocenters. The third kappa shape index (κ3) is 3.90. The first-order valence-corrected chi connectivity index (χ1v) is 6.77. The zero-order valence-corrected chi connectivity index (χ0v) is 11.6. The molecule has 0 saturated carbocycles. The highest BCUT2D eigenvalue weighted by Gasteiger charge is 2.45. The van der Waals surface area contributed by atoms with E-state index < -0.39 is 43.3 Å². The van der Waals surface area contributed by atoms with Crippen molar-refractivity contribution in [2.24, 2.45) is 0 Å². The number of esters is 1. The third-order valence-electron chi connectivity index (χ3n) is 3.29. The Hall–Kier alpha value is -1.77. The Balaban J connectivity index is 1.97. The number of ether oxygens (including phenoxy) is 2. The van der Waals surface area contributed by atoms with Gasteiger partial charge in [0, 0.05) is 6.08 Å². The summed E-state index contributed by atoms with van der Waals surface area (Å²) in [6.07, 6.45) is -4.59. The molecule has 22 heavy (non-hydrogen) atoms. The predicted octanol–water partition coefficient (Wildman–Crippen LogP) is -0.957. The normalized spacial score (nSPS) is 32.1. The van der Waals surface area contributed by atoms with Gasteiger partial charge in [0.1, 0.15) is 24.4 Å². The minimum Gasteiger partial charge on any atom is -0.430 e. The molecule has 7 heteroatoms. The number of rotatable bonds is 4. The summed E-state index contributed by atoms with van der Waals surface area (Å²) >= 11 is 0. The van der Waals surface area contributed by atoms with E-state index in [0.29, 0.717) is 0 Å². The van der Waals surface area contributed by atoms with Crippen molar-refractivity contribution in [1.82, 2.24) is 0 Å². The van der Waals surface area contributed by atoms with E-state index in [1.807, 2.05) is 18.2 Å². The van der Waals surface area contributed by atoms with Crippen LogP contribution in [0.1, 0.15) is 5.56 Å². The second kappa shape index (κ2) is 7.48. The Morgan fingerprint density at radius 3 is 2.45 bits per heavy atom. The molecule has 1 aromatic rings. The molecule has 0 spiro atoms. The fourth-order valence-electron chi connectivity index (χ4n) is 2.05. The first kappa shape index (κ1) is 16.6. The molecule has 1 fully saturated rings. The monoisotopic (exact) mass is 310 g/mol. The minimum atomic E-state index is -1.60. The van der Waals surface area contributed by atoms with Gasteiger partial charge in [-0.1, -0.05) is 30.3 Å². The standard InChI is InChI=1S/C15H18O7/c16-8-10-12(18)13(19)14(20)15(21-10)22-11(17)7-6-9-4-2-1-3-5-9/h1-7,10,12-16,18-20H,8H2/b7-6+. The molecular weight excluding hydrogens is 292 g/mol. The number of carbonyl (C=O) groups excluding carboxylic acids is 1. The third-order valence-corrected chi connectivity index (χ3v) is 3.29. The topological polar surface area (TPSA) is 116 Å². The van der Waals surface area contributed by atoms with Gasteiger partial charge in [0.15, 0.2) is 0 Å². The van der Waals surface area contributed by atoms with Gasteiger partial charge in [-0.25, -0.2) is 4.79 Å². The molecule has 1 saturated heterocycles. The lowest BCUT2D eigenvalue weighted by Crippen LogP contribution is -2.59. The van der Waals surface area contributed by atoms with E-state index in [1.54, 1.807) is 12.1 Å². The zero-order chi connectivity index (χ0) is 16.1. The minimum absolute atomic E-state index is 0.584. The van der Waals surface area contributed by atoms with Crippen molar-refractivity contribution in [2.75, 3.05) is 6.61 Å². The van der Waals surface area contributed by atoms with Crippen molar-refractivity contribution in [3.05, 3.63) is 42.0 Å². The van der Waals surface area contributed by atoms with E-state index in [0.717, 1.165) is 11.6 Å². The summed E-state index contributed by atoms with van der Waals surface area (Å²) in [6, 6.07) is 9.03. The maximum atomic E-state index is 11.7. The first-order chi connectivity index (χ1) is 10.5. The fraction of sp³-hybridized carbons (Fsp3) is 0.400. The summed E-state index contributed by atoms with van der Waals surface area (Å²) in [7, 11) is 0. The molecule has 0 aliphatic carbocycles. The highest BCUT2D eigenvalue weighted by molar-refractivity contribution is 5.87. The van der Waals surface area contributed by atoms with Gasteiger partial charge in [-0.05, 0) is 11.6 Å². The van der Waals surface area contributed by atoms with Crippen LogP contribution in [0.2, 0.25) is 0 Å². The Kier molecular flexibility index (Phi) is 5.64. The summed E-state index contributed by atoms with van der Waals surface area (Å²) in [6.45, 7) is -0.584. The first-order valence-electron chi connectivity index (χ1n) is 6.77. The molecule has 5 atom stereocenters. The SMILES string of the molecule is O=C(/C=C/c1ccccc1)OC1OC(CO)C(O)C(O)C1O. The largest absolute Gasteiger partial charge is 0.430 e. The van der Waals surface area contributed by atoms with Gasteiger partial charge in [-0.3, -0.25) is 0 Å². The molecule has 1 aliphatic heterocycles. The molecule has 2 rings (SSSR count). The summed E-state index contributed by atoms with van der Waals surface area (Å²) in [5, 5.41) is 38.0. The van der Waals surface area contributed by atoms with Gasteiger partial charge >= 0.3 is 5.97 Å². The van der Waals surface area contributed by atoms with Crippen LogP contribution in [0.4, 0.5) is 0 Å². The van der Waals surface area contributed by atoms with Gasteiger partial charge in [0.05, 0.1) is 6.61 Å². The second-order valence-electron chi connectivity index (χ2n) is 4.88. The van der Waals surface area contributed by atoms with Crippen molar-refractivity contribution in [1.29, 1.82) is 0 Å². The average Bonchev–Trinajstić information content (AvgIpc) is 2.54. The Morgan fingerprint density at radius 1 is 1.14 bits per heavy atom. The van der Waals surface area contributed by atoms with Crippen LogP contribution in [0.25, 0.3) is 6.08 Å². The van der Waals surface area contributed by atoms with Gasteiger partial charge in [0.2, 0.25) is 6.29 Å². The Labute approximate surface area is 127 Å². The highest BCUT2D eigenvalue weighted by Crippen LogP contribution is 2.22. The molecule has 7 nitrogen and oxygen atoms in total. The van der Waals surface area contributed by atoms with Crippen molar-refractivity contribution in [3.63, 3.8) is 0 Å². The second-order valence-corrected chi connectivity index (χ2v) is 4.88. The molecule has 0 aromatic heterocycles. The Morgan fingerprint density at radius 2 is 1.82 bits per heavy atom. The van der Waals surface area contributed by atoms with E-state index in [-0.39, 0.29) is 0 Å². The number of carbonyl (C=O) groups is 1. The molecule has 120 valence electrons. The molecule has 0 amide bonds. The van der Waals surface area contributed by atoms with Crippen molar-refractivity contribution in [3.8, 4) is 0 Å². The van der Waals surface area contributed by atoms with Crippen LogP contribution >= 0.6 is 0 Å². The lowest BCUT2D eigenvalue weighted by atomic mass is 9.99. The molecule has 1 aromatic carbocycles. The van der Waals surface area contributed by atoms with E-state index in [9.17, 15) is 20.1 Å². The van der Waals surface area contributed by atoms with Crippen LogP contribution in [-0.4, -0.2) is 63.7 Å². The van der Waals surface area contributed by atoms with E-state index in [2.05, 4.69) is 0 Å². The summed E-state index contributed by atoms with van der Waals surface area (Å²) in [4.78, 5) is 11.7. The van der Waals surface area contributed by atoms with Gasteiger partial charge in [0.25, 0.3) is 0 Å². The lowest BCUT2D eigenvalue weighted by Gasteiger charge is -2.38. The molecular formula is C15H18O7. The fourth-order valence-corrected chi connectivity index (χ4v) is 2.05. The lowest BCUT2D eigenvalue weighted by molar-refractivity contribution is -0.291. The van der Waals surface area contributed by atoms with Gasteiger partial charge in [-0.15, -0.1) is 0 Å². The smallest absolute Gasteiger partial charge is 0.333 e. The zero-order valence-electron chi connectivity index (χ0n) is 11.6. The number of hydrogen-bond acceptors (Lipinski definition) is 7. The van der Waals surface area contributed by atoms with Crippen molar-refractivity contribution < 1.29 is 34.7 Å². The molecule has 0 bridgehead atoms. The summed E-state index contributed by atoms with van der Waals surface area (Å²) in [5.41, 5.74) is 0.785. The van der Waals surface area contributed by atoms with E-state index in [1.165, 1.54) is 6.08 Å². The van der Waals surface area contributed by atoms with Crippen LogP contribution in [0, 0.1) is 0 Å². The Bertz CT molecular complexity index is 514. The predicted molar refractivity (Wildman–Crippen MR) is 75.3 cm³/mol. The van der Waals surface area contributed by atoms with E-state index >= 15 is 0 Å². The molecule has 0 radical (unpaired) electrons. The number of benzene rings is 1. The van der Waals surface area contributed by atoms with Crippen LogP contribution in [-0.2, 0) is 14.3 Å². The quantitative estimate of drug-likeness (QED) is 0.418. The van der Waals surface area contributed by atoms with Crippen LogP contribution in [0.3, 0.4) is 0 Å². The van der Waals surface area contributed by atoms with Crippen molar-refractivity contribution >= 4 is 12.0 Å². The van der Waals surface area contributed by atoms with Crippen LogP contribution < -0.4 is 0 Å². The molecule has 1 heterocycles. The van der Waals surface area contributed by atoms with Crippen LogP contribution in [0.15, 0.2) is 36.4 Å². The number of hydrogen-bond donors (Lipinski definition) is 4. The molecule has 1 aliphatic rings. The summed E-state index contributed by atoms with van der Waals surface area (Å²) in [5.74, 6) is -0.784. The maximum absolute atomic E-state index is 11.7. The average molecular weight is 310 g/mol. The van der Waals surface area contributed by atoms with Gasteiger partial charge in [-0.2, -0.15) is 0 Å². The van der Waals surface area contributed by atoms with E-state index in [4.69, 9.17) is 14.6 Å². The van der Waals surface area contributed by atoms with Crippen molar-refractivity contribution in [2.45, 2.75) is 30.7 Å². The molecule has 4 N–H and O–H groups in total. The number of aliphatic hydroxyl groups is 4. The maximum Gasteiger partial charge on any atom is 0.333 e. The summed E-state index contributed by atoms with van der Waals surface area (Å²) < 4.78 is 9.96. The van der Waals surface area contributed by atoms with Crippen LogP contribution in [0.5, 0.6) is 0 Å². The highest BCUT2D eigenvalue weighted by atomic mass is 16.7. The number of aliphatic hydroxyl groups excluding tert-OH is 4.